The number of aromatic amines is 1. The first kappa shape index (κ1) is 68.8. The van der Waals surface area contributed by atoms with Crippen molar-refractivity contribution in [2.75, 3.05) is 54.4 Å². The number of H-pyrrole nitrogens is 1. The van der Waals surface area contributed by atoms with Crippen LogP contribution in [0, 0.1) is 37.5 Å². The number of aryl methyl sites for hydroxylation is 1. The van der Waals surface area contributed by atoms with E-state index in [1.807, 2.05) is 0 Å². The Labute approximate surface area is 521 Å². The molecule has 0 spiro atoms. The van der Waals surface area contributed by atoms with E-state index < -0.39 is 190 Å². The van der Waals surface area contributed by atoms with Crippen LogP contribution in [0.3, 0.4) is 0 Å². The number of ether oxygens (including phenoxy) is 2. The maximum absolute atomic E-state index is 15.1. The van der Waals surface area contributed by atoms with Crippen LogP contribution in [0.1, 0.15) is 127 Å². The molecule has 5 N–H and O–H groups in total. The molecule has 0 saturated carbocycles. The van der Waals surface area contributed by atoms with Crippen LogP contribution in [-0.2, 0) is 57.4 Å². The quantitative estimate of drug-likeness (QED) is 0.116. The van der Waals surface area contributed by atoms with Crippen LogP contribution in [0.2, 0.25) is 0 Å². The number of hydrogen-bond acceptors (Lipinski definition) is 17. The summed E-state index contributed by atoms with van der Waals surface area (Å²) >= 11 is 0. The standard InChI is InChI=1S/C62H85N11O17/c1-27(2)41-59(84)72-23-17-19-36(72)57(82)68(13)25-38(74)70(15)47(29(5)6)61(86)88-33(11)43(55(80)64-41)66-53(78)35-22-21-31(9)51-45(35)63-46-40(50(77)49(76)32(10)52(46)90-51)54(79)67-44-34(12)89-62(87)48(30(7)8)71(16)39(75)26-69(14)58(83)37-20-18-24-73(37)60(85)42(28(3)4)65-56(44)81/h21-22,27-30,33-34,36-37,41-44,47-48,63H,17-20,23-26H2,1-16H3,(H,64,80)(H,65,81)(H,66,78)(H,67,79)/t33-,34-,36+,37+,41-,42-,43+,44+,47+,48+/m1/s1. The number of amides is 10. The Bertz CT molecular complexity index is 3480. The van der Waals surface area contributed by atoms with Gasteiger partial charge < -0.3 is 69.5 Å². The second-order valence-electron chi connectivity index (χ2n) is 25.5. The molecule has 28 heteroatoms. The number of fused-ring (bicyclic) bond motifs is 4. The van der Waals surface area contributed by atoms with Crippen molar-refractivity contribution in [3.8, 4) is 11.5 Å². The van der Waals surface area contributed by atoms with E-state index in [1.165, 1.54) is 80.7 Å². The number of nitrogens with zero attached hydrogens (tertiary/aromatic N) is 6. The third-order valence-electron chi connectivity index (χ3n) is 17.5. The number of aromatic nitrogens is 1. The van der Waals surface area contributed by atoms with Crippen molar-refractivity contribution in [3.63, 3.8) is 0 Å². The highest BCUT2D eigenvalue weighted by Crippen LogP contribution is 2.33. The Kier molecular flexibility index (Phi) is 21.1. The molecular formula is C62H85N11O17. The molecule has 6 aliphatic rings. The minimum Gasteiger partial charge on any atom is -0.458 e. The van der Waals surface area contributed by atoms with Crippen LogP contribution in [0.25, 0.3) is 22.6 Å². The third kappa shape index (κ3) is 13.7. The number of carbonyl (C=O) groups is 12. The summed E-state index contributed by atoms with van der Waals surface area (Å²) < 4.78 is 18.2. The van der Waals surface area contributed by atoms with Gasteiger partial charge in [-0.05, 0) is 88.7 Å². The fourth-order valence-corrected chi connectivity index (χ4v) is 12.3. The predicted molar refractivity (Wildman–Crippen MR) is 324 cm³/mol. The molecule has 1 aromatic carbocycles. The second kappa shape index (κ2) is 27.6. The summed E-state index contributed by atoms with van der Waals surface area (Å²) in [5.41, 5.74) is -4.50. The Hall–Kier alpha value is -8.72. The molecule has 4 saturated heterocycles. The number of esters is 2. The molecule has 0 unspecified atom stereocenters. The lowest BCUT2D eigenvalue weighted by Crippen LogP contribution is -2.61. The summed E-state index contributed by atoms with van der Waals surface area (Å²) in [6.45, 7) is 18.0. The number of nitrogens with one attached hydrogen (secondary N) is 5. The van der Waals surface area contributed by atoms with Crippen molar-refractivity contribution in [3.05, 3.63) is 54.8 Å². The van der Waals surface area contributed by atoms with Crippen LogP contribution >= 0.6 is 0 Å². The van der Waals surface area contributed by atoms with Crippen molar-refractivity contribution >= 4 is 82.1 Å². The molecular weight excluding hydrogens is 1170 g/mol. The van der Waals surface area contributed by atoms with Crippen LogP contribution < -0.4 is 32.1 Å². The largest absolute Gasteiger partial charge is 0.458 e. The first-order chi connectivity index (χ1) is 42.1. The Morgan fingerprint density at radius 3 is 1.40 bits per heavy atom. The van der Waals surface area contributed by atoms with Crippen molar-refractivity contribution in [2.45, 2.75) is 169 Å². The molecule has 1 aliphatic carbocycles. The minimum absolute atomic E-state index is 0.0820. The Morgan fingerprint density at radius 2 is 0.989 bits per heavy atom. The number of cyclic esters (lactones) is 2. The van der Waals surface area contributed by atoms with Gasteiger partial charge in [0, 0.05) is 46.8 Å². The van der Waals surface area contributed by atoms with Crippen molar-refractivity contribution in [1.29, 1.82) is 0 Å². The third-order valence-corrected chi connectivity index (χ3v) is 17.5. The van der Waals surface area contributed by atoms with Gasteiger partial charge in [0.15, 0.2) is 11.3 Å². The zero-order chi connectivity index (χ0) is 67.0. The summed E-state index contributed by atoms with van der Waals surface area (Å²) in [5.74, 6) is -12.9. The minimum atomic E-state index is -1.95. The zero-order valence-electron chi connectivity index (χ0n) is 54.0. The van der Waals surface area contributed by atoms with Gasteiger partial charge in [-0.15, -0.1) is 0 Å². The molecule has 5 heterocycles. The van der Waals surface area contributed by atoms with Crippen LogP contribution in [0.4, 0.5) is 0 Å². The number of likely N-dealkylation sites (N-methyl/N-ethyl adjacent to an activating group) is 4. The van der Waals surface area contributed by atoms with Gasteiger partial charge >= 0.3 is 11.9 Å². The highest BCUT2D eigenvalue weighted by atomic mass is 16.6. The van der Waals surface area contributed by atoms with Crippen LogP contribution in [-0.4, -0.2) is 220 Å². The van der Waals surface area contributed by atoms with E-state index in [-0.39, 0.29) is 53.9 Å². The van der Waals surface area contributed by atoms with Crippen LogP contribution in [0.15, 0.2) is 26.1 Å². The van der Waals surface area contributed by atoms with E-state index >= 15 is 9.59 Å². The van der Waals surface area contributed by atoms with Gasteiger partial charge in [-0.1, -0.05) is 61.5 Å². The van der Waals surface area contributed by atoms with Crippen molar-refractivity contribution in [1.82, 2.24) is 55.7 Å². The number of carbonyl (C=O) groups excluding carboxylic acids is 12. The molecule has 28 nitrogen and oxygen atoms in total. The van der Waals surface area contributed by atoms with E-state index in [4.69, 9.17) is 13.9 Å². The number of hydrogen-bond donors (Lipinski definition) is 5. The summed E-state index contributed by atoms with van der Waals surface area (Å²) in [6, 6.07) is -8.12. The molecule has 10 amide bonds. The summed E-state index contributed by atoms with van der Waals surface area (Å²) in [7, 11) is 5.54. The average molecular weight is 1260 g/mol. The van der Waals surface area contributed by atoms with E-state index in [9.17, 15) is 57.5 Å². The molecule has 4 fully saturated rings. The second-order valence-corrected chi connectivity index (χ2v) is 25.5. The SMILES string of the molecule is Cc1c2oc3c(C)ccc(C(=O)N[C@@H]4C(=O)N[C@H](C(C)C)C(=O)N5CCC[C@H]5C(=O)N(C)CC(=O)N(C)[C@@H](C(C)C)C(=O)O[C@@H]4C)c3[nH]c-2c(C(=O)N[C@@H]2C(=O)N[C@H](C(C)C)C(=O)N3CCC[C@H]3C(=O)N(C)CC(=O)N(C)[C@@H](C(C)C)C(=O)O[C@@H]2C)c(=O)c1=O. The fourth-order valence-electron chi connectivity index (χ4n) is 12.3. The van der Waals surface area contributed by atoms with Gasteiger partial charge in [0.1, 0.15) is 66.1 Å². The normalized spacial score (nSPS) is 26.2. The lowest BCUT2D eigenvalue weighted by Gasteiger charge is -2.36. The van der Waals surface area contributed by atoms with Gasteiger partial charge in [-0.2, -0.15) is 0 Å². The van der Waals surface area contributed by atoms with Gasteiger partial charge in [0.05, 0.1) is 29.9 Å². The van der Waals surface area contributed by atoms with Gasteiger partial charge in [0.2, 0.25) is 58.1 Å². The summed E-state index contributed by atoms with van der Waals surface area (Å²) in [6.07, 6.45) is -1.76. The van der Waals surface area contributed by atoms with E-state index in [0.717, 1.165) is 9.80 Å². The number of rotatable bonds is 8. The number of benzene rings is 2. The van der Waals surface area contributed by atoms with Crippen LogP contribution in [0.5, 0.6) is 0 Å². The maximum Gasteiger partial charge on any atom is 0.329 e. The van der Waals surface area contributed by atoms with E-state index in [1.54, 1.807) is 62.3 Å². The predicted octanol–water partition coefficient (Wildman–Crippen LogP) is 0.437. The lowest BCUT2D eigenvalue weighted by atomic mass is 9.99. The Balaban J connectivity index is 1.32. The molecule has 10 atom stereocenters. The van der Waals surface area contributed by atoms with Crippen molar-refractivity contribution in [2.24, 2.45) is 23.7 Å². The molecule has 490 valence electrons. The molecule has 0 aromatic heterocycles. The smallest absolute Gasteiger partial charge is 0.329 e. The molecule has 5 aliphatic heterocycles. The van der Waals surface area contributed by atoms with Gasteiger partial charge in [-0.3, -0.25) is 57.5 Å². The molecule has 1 aromatic rings. The zero-order valence-corrected chi connectivity index (χ0v) is 54.0. The maximum atomic E-state index is 15.1. The molecule has 7 rings (SSSR count). The highest BCUT2D eigenvalue weighted by Gasteiger charge is 2.46. The van der Waals surface area contributed by atoms with E-state index in [2.05, 4.69) is 26.3 Å². The first-order valence-electron chi connectivity index (χ1n) is 30.5. The molecule has 0 bridgehead atoms. The summed E-state index contributed by atoms with van der Waals surface area (Å²) in [4.78, 5) is 211. The first-order valence-corrected chi connectivity index (χ1v) is 30.5. The summed E-state index contributed by atoms with van der Waals surface area (Å²) in [5, 5.41) is 10.5. The van der Waals surface area contributed by atoms with Gasteiger partial charge in [-0.25, -0.2) is 9.59 Å². The van der Waals surface area contributed by atoms with Gasteiger partial charge in [0.25, 0.3) is 11.8 Å². The monoisotopic (exact) mass is 1260 g/mol. The lowest BCUT2D eigenvalue weighted by molar-refractivity contribution is -0.163. The Morgan fingerprint density at radius 1 is 0.567 bits per heavy atom. The van der Waals surface area contributed by atoms with E-state index in [0.29, 0.717) is 18.4 Å². The molecule has 90 heavy (non-hydrogen) atoms. The highest BCUT2D eigenvalue weighted by molar-refractivity contribution is 6.09. The topological polar surface area (TPSA) is 354 Å². The fraction of sp³-hybridized carbons (Fsp3) is 0.613. The molecule has 0 radical (unpaired) electrons. The average Bonchev–Trinajstić information content (AvgIpc) is 0.893. The van der Waals surface area contributed by atoms with Crippen molar-refractivity contribution < 1.29 is 71.4 Å².